The van der Waals surface area contributed by atoms with Crippen LogP contribution >= 0.6 is 23.2 Å². The Balaban J connectivity index is 1.45. The number of benzene rings is 2. The molecule has 0 unspecified atom stereocenters. The molecular weight excluding hydrogens is 503 g/mol. The zero-order chi connectivity index (χ0) is 25.1. The number of H-pyrrole nitrogens is 1. The number of rotatable bonds is 7. The lowest BCUT2D eigenvalue weighted by Gasteiger charge is -2.09. The minimum Gasteiger partial charge on any atom is -0.495 e. The number of nitrogens with zero attached hydrogens (tertiary/aromatic N) is 6. The van der Waals surface area contributed by atoms with E-state index in [0.29, 0.717) is 33.6 Å². The Morgan fingerprint density at radius 3 is 2.44 bits per heavy atom. The molecule has 0 spiro atoms. The highest BCUT2D eigenvalue weighted by molar-refractivity contribution is 6.35. The molecule has 2 N–H and O–H groups in total. The minimum atomic E-state index is -0.342. The molecule has 0 aliphatic carbocycles. The molecule has 0 saturated carbocycles. The van der Waals surface area contributed by atoms with Crippen molar-refractivity contribution in [3.05, 3.63) is 88.0 Å². The molecule has 1 amide bonds. The first-order valence-electron chi connectivity index (χ1n) is 10.7. The van der Waals surface area contributed by atoms with E-state index in [9.17, 15) is 4.79 Å². The third-order valence-corrected chi connectivity index (χ3v) is 5.73. The number of anilines is 1. The van der Waals surface area contributed by atoms with Gasteiger partial charge in [0.2, 0.25) is 0 Å². The fourth-order valence-corrected chi connectivity index (χ4v) is 4.09. The number of halogens is 2. The molecule has 5 rings (SSSR count). The molecule has 12 heteroatoms. The number of carbonyl (C=O) groups is 1. The van der Waals surface area contributed by atoms with Gasteiger partial charge in [0.05, 0.1) is 36.9 Å². The van der Waals surface area contributed by atoms with Crippen LogP contribution in [0.4, 0.5) is 5.95 Å². The lowest BCUT2D eigenvalue weighted by Crippen LogP contribution is -2.13. The fourth-order valence-electron chi connectivity index (χ4n) is 3.56. The van der Waals surface area contributed by atoms with Crippen molar-refractivity contribution in [1.29, 1.82) is 0 Å². The molecule has 0 aliphatic rings. The summed E-state index contributed by atoms with van der Waals surface area (Å²) in [6.07, 6.45) is 1.65. The lowest BCUT2D eigenvalue weighted by atomic mass is 10.1. The Labute approximate surface area is 215 Å². The van der Waals surface area contributed by atoms with Crippen molar-refractivity contribution in [3.8, 4) is 28.4 Å². The smallest absolute Gasteiger partial charge is 0.270 e. The number of amides is 1. The normalized spacial score (nSPS) is 10.9. The third-order valence-electron chi connectivity index (χ3n) is 5.29. The number of carbonyl (C=O) groups excluding carboxylic acids is 1. The van der Waals surface area contributed by atoms with E-state index in [1.54, 1.807) is 31.5 Å². The average Bonchev–Trinajstić information content (AvgIpc) is 3.54. The van der Waals surface area contributed by atoms with Gasteiger partial charge in [0, 0.05) is 21.2 Å². The van der Waals surface area contributed by atoms with Crippen LogP contribution in [0.1, 0.15) is 15.9 Å². The van der Waals surface area contributed by atoms with Gasteiger partial charge in [0.1, 0.15) is 5.75 Å². The monoisotopic (exact) mass is 520 g/mol. The van der Waals surface area contributed by atoms with E-state index in [1.807, 2.05) is 47.1 Å². The summed E-state index contributed by atoms with van der Waals surface area (Å²) in [6, 6.07) is 18.1. The van der Waals surface area contributed by atoms with Crippen molar-refractivity contribution in [1.82, 2.24) is 35.4 Å². The molecule has 0 saturated heterocycles. The van der Waals surface area contributed by atoms with E-state index in [4.69, 9.17) is 33.0 Å². The van der Waals surface area contributed by atoms with Crippen molar-refractivity contribution in [3.63, 3.8) is 0 Å². The van der Waals surface area contributed by atoms with Crippen LogP contribution in [0.15, 0.2) is 66.9 Å². The average molecular weight is 521 g/mol. The summed E-state index contributed by atoms with van der Waals surface area (Å²) in [7, 11) is 1.59. The van der Waals surface area contributed by atoms with Gasteiger partial charge >= 0.3 is 0 Å². The van der Waals surface area contributed by atoms with Crippen molar-refractivity contribution in [2.75, 3.05) is 12.4 Å². The van der Waals surface area contributed by atoms with Gasteiger partial charge in [-0.15, -0.1) is 5.10 Å². The van der Waals surface area contributed by atoms with E-state index < -0.39 is 0 Å². The lowest BCUT2D eigenvalue weighted by molar-refractivity contribution is 0.102. The Morgan fingerprint density at radius 1 is 1.03 bits per heavy atom. The van der Waals surface area contributed by atoms with E-state index in [1.165, 1.54) is 0 Å². The number of pyridine rings is 1. The number of aromatic amines is 1. The van der Waals surface area contributed by atoms with Crippen molar-refractivity contribution in [2.45, 2.75) is 6.54 Å². The predicted octanol–water partition coefficient (Wildman–Crippen LogP) is 4.74. The topological polar surface area (TPSA) is 124 Å². The number of ether oxygens (including phenoxy) is 1. The second-order valence-corrected chi connectivity index (χ2v) is 8.57. The van der Waals surface area contributed by atoms with E-state index in [0.717, 1.165) is 22.5 Å². The zero-order valence-electron chi connectivity index (χ0n) is 18.8. The maximum Gasteiger partial charge on any atom is 0.270 e. The van der Waals surface area contributed by atoms with Gasteiger partial charge in [0.25, 0.3) is 11.9 Å². The molecule has 2 aromatic carbocycles. The van der Waals surface area contributed by atoms with Crippen LogP contribution in [0.25, 0.3) is 22.6 Å². The van der Waals surface area contributed by atoms with Gasteiger partial charge in [0.15, 0.2) is 0 Å². The number of aromatic nitrogens is 7. The Bertz CT molecular complexity index is 1480. The number of hydrogen-bond donors (Lipinski definition) is 2. The molecular formula is C24H18Cl2N8O2. The number of methoxy groups -OCH3 is 1. The molecule has 0 atom stereocenters. The van der Waals surface area contributed by atoms with Crippen LogP contribution in [0.2, 0.25) is 10.0 Å². The molecule has 10 nitrogen and oxygen atoms in total. The van der Waals surface area contributed by atoms with Crippen LogP contribution in [0.3, 0.4) is 0 Å². The van der Waals surface area contributed by atoms with Crippen LogP contribution in [-0.2, 0) is 6.54 Å². The first kappa shape index (κ1) is 23.5. The highest BCUT2D eigenvalue weighted by Gasteiger charge is 2.15. The van der Waals surface area contributed by atoms with Crippen molar-refractivity contribution in [2.24, 2.45) is 0 Å². The predicted molar refractivity (Wildman–Crippen MR) is 135 cm³/mol. The van der Waals surface area contributed by atoms with E-state index >= 15 is 0 Å². The first-order chi connectivity index (χ1) is 17.5. The minimum absolute atomic E-state index is 0.103. The second kappa shape index (κ2) is 10.1. The largest absolute Gasteiger partial charge is 0.495 e. The maximum absolute atomic E-state index is 12.4. The fraction of sp³-hybridized carbons (Fsp3) is 0.0833. The van der Waals surface area contributed by atoms with Gasteiger partial charge < -0.3 is 4.74 Å². The molecule has 3 aromatic heterocycles. The summed E-state index contributed by atoms with van der Waals surface area (Å²) in [5, 5.41) is 21.6. The van der Waals surface area contributed by atoms with Gasteiger partial charge in [-0.25, -0.2) is 0 Å². The SMILES string of the molecule is COc1ccc(-c2cc(-c3cc(Cl)cc(Cl)c3)nn2Cc2ccc(C(=O)Nc3nn[nH]n3)cc2)nc1. The summed E-state index contributed by atoms with van der Waals surface area (Å²) in [6.45, 7) is 0.435. The van der Waals surface area contributed by atoms with Crippen LogP contribution in [0, 0.1) is 0 Å². The molecule has 36 heavy (non-hydrogen) atoms. The number of tetrazole rings is 1. The van der Waals surface area contributed by atoms with Crippen molar-refractivity contribution < 1.29 is 9.53 Å². The summed E-state index contributed by atoms with van der Waals surface area (Å²) in [4.78, 5) is 16.9. The summed E-state index contributed by atoms with van der Waals surface area (Å²) >= 11 is 12.4. The molecule has 5 aromatic rings. The number of hydrogen-bond acceptors (Lipinski definition) is 7. The van der Waals surface area contributed by atoms with Gasteiger partial charge in [-0.1, -0.05) is 40.4 Å². The molecule has 0 bridgehead atoms. The second-order valence-electron chi connectivity index (χ2n) is 7.70. The molecule has 0 fully saturated rings. The molecule has 3 heterocycles. The van der Waals surface area contributed by atoms with E-state index in [2.05, 4.69) is 30.9 Å². The molecule has 0 aliphatic heterocycles. The zero-order valence-corrected chi connectivity index (χ0v) is 20.3. The quantitative estimate of drug-likeness (QED) is 0.317. The van der Waals surface area contributed by atoms with Gasteiger partial charge in [-0.05, 0) is 59.3 Å². The summed E-state index contributed by atoms with van der Waals surface area (Å²) in [5.74, 6) is 0.414. The van der Waals surface area contributed by atoms with Gasteiger partial charge in [-0.2, -0.15) is 10.3 Å². The first-order valence-corrected chi connectivity index (χ1v) is 11.4. The number of nitrogens with one attached hydrogen (secondary N) is 2. The van der Waals surface area contributed by atoms with Crippen LogP contribution < -0.4 is 10.1 Å². The standard InChI is InChI=1S/C24H18Cl2N8O2/c1-36-19-6-7-20(27-12-19)22-11-21(16-8-17(25)10-18(26)9-16)31-34(22)13-14-2-4-15(5-3-14)23(35)28-24-29-32-33-30-24/h2-12H,13H2,1H3,(H2,28,29,30,32,33,35). The van der Waals surface area contributed by atoms with Crippen LogP contribution in [-0.4, -0.2) is 48.4 Å². The Hall–Kier alpha value is -4.28. The Morgan fingerprint density at radius 2 is 1.81 bits per heavy atom. The van der Waals surface area contributed by atoms with Crippen molar-refractivity contribution >= 4 is 35.1 Å². The highest BCUT2D eigenvalue weighted by atomic mass is 35.5. The highest BCUT2D eigenvalue weighted by Crippen LogP contribution is 2.30. The Kier molecular flexibility index (Phi) is 6.61. The van der Waals surface area contributed by atoms with Gasteiger partial charge in [-0.3, -0.25) is 19.8 Å². The summed E-state index contributed by atoms with van der Waals surface area (Å²) < 4.78 is 7.08. The maximum atomic E-state index is 12.4. The summed E-state index contributed by atoms with van der Waals surface area (Å²) in [5.41, 5.74) is 4.38. The molecule has 180 valence electrons. The third kappa shape index (κ3) is 5.19. The molecule has 0 radical (unpaired) electrons. The van der Waals surface area contributed by atoms with Crippen LogP contribution in [0.5, 0.6) is 5.75 Å². The van der Waals surface area contributed by atoms with E-state index in [-0.39, 0.29) is 11.9 Å².